The molecular weight excluding hydrogens is 202 g/mol. The Morgan fingerprint density at radius 2 is 1.50 bits per heavy atom. The molecule has 2 rings (SSSR count). The number of hydrogen-bond donors (Lipinski definition) is 1. The van der Waals surface area contributed by atoms with Gasteiger partial charge in [0, 0.05) is 13.1 Å². The van der Waals surface area contributed by atoms with Crippen LogP contribution in [-0.4, -0.2) is 19.1 Å². The largest absolute Gasteiger partial charge is 0.333 e. The molecule has 0 saturated heterocycles. The number of nitrogens with zero attached hydrogens (tertiary/aromatic N) is 4. The van der Waals surface area contributed by atoms with E-state index >= 15 is 0 Å². The monoisotopic (exact) mass is 219 g/mol. The highest BCUT2D eigenvalue weighted by atomic mass is 15.1. The molecule has 0 radical (unpaired) electrons. The van der Waals surface area contributed by atoms with Crippen LogP contribution in [0.25, 0.3) is 0 Å². The van der Waals surface area contributed by atoms with Crippen LogP contribution in [0.4, 0.5) is 0 Å². The maximum Gasteiger partial charge on any atom is 0.0948 e. The smallest absolute Gasteiger partial charge is 0.0948 e. The third-order valence-electron chi connectivity index (χ3n) is 2.81. The molecule has 0 spiro atoms. The first kappa shape index (κ1) is 10.9. The molecule has 5 heteroatoms. The summed E-state index contributed by atoms with van der Waals surface area (Å²) in [6, 6.07) is -0.162. The lowest BCUT2D eigenvalue weighted by molar-refractivity contribution is 0.625. The molecule has 0 atom stereocenters. The number of aromatic nitrogens is 4. The molecule has 0 amide bonds. The van der Waals surface area contributed by atoms with Gasteiger partial charge in [-0.2, -0.15) is 0 Å². The van der Waals surface area contributed by atoms with Crippen molar-refractivity contribution in [1.29, 1.82) is 0 Å². The molecule has 0 saturated carbocycles. The summed E-state index contributed by atoms with van der Waals surface area (Å²) in [7, 11) is 0. The zero-order chi connectivity index (χ0) is 11.5. The van der Waals surface area contributed by atoms with Crippen LogP contribution in [0.2, 0.25) is 0 Å². The molecule has 2 aromatic heterocycles. The Morgan fingerprint density at radius 1 is 1.06 bits per heavy atom. The van der Waals surface area contributed by atoms with Gasteiger partial charge < -0.3 is 14.9 Å². The van der Waals surface area contributed by atoms with Gasteiger partial charge in [-0.05, 0) is 13.8 Å². The summed E-state index contributed by atoms with van der Waals surface area (Å²) in [6.07, 6.45) is 7.26. The Balaban J connectivity index is 2.35. The molecule has 5 nitrogen and oxygen atoms in total. The van der Waals surface area contributed by atoms with Crippen molar-refractivity contribution < 1.29 is 0 Å². The zero-order valence-electron chi connectivity index (χ0n) is 9.67. The number of nitrogens with two attached hydrogens (primary N) is 1. The molecule has 0 bridgehead atoms. The maximum absolute atomic E-state index is 6.24. The summed E-state index contributed by atoms with van der Waals surface area (Å²) in [4.78, 5) is 8.27. The van der Waals surface area contributed by atoms with E-state index < -0.39 is 0 Å². The average molecular weight is 219 g/mol. The predicted molar refractivity (Wildman–Crippen MR) is 61.8 cm³/mol. The van der Waals surface area contributed by atoms with Gasteiger partial charge in [0.05, 0.1) is 42.5 Å². The Labute approximate surface area is 94.9 Å². The second-order valence-corrected chi connectivity index (χ2v) is 3.69. The number of hydrogen-bond acceptors (Lipinski definition) is 3. The van der Waals surface area contributed by atoms with Crippen LogP contribution in [0.3, 0.4) is 0 Å². The van der Waals surface area contributed by atoms with E-state index in [1.165, 1.54) is 0 Å². The summed E-state index contributed by atoms with van der Waals surface area (Å²) in [6.45, 7) is 5.91. The van der Waals surface area contributed by atoms with Crippen molar-refractivity contribution in [3.05, 3.63) is 36.4 Å². The highest BCUT2D eigenvalue weighted by Crippen LogP contribution is 2.18. The summed E-state index contributed by atoms with van der Waals surface area (Å²) >= 11 is 0. The summed E-state index contributed by atoms with van der Waals surface area (Å²) in [5, 5.41) is 0. The van der Waals surface area contributed by atoms with E-state index in [9.17, 15) is 0 Å². The van der Waals surface area contributed by atoms with E-state index in [-0.39, 0.29) is 6.04 Å². The number of imidazole rings is 2. The highest BCUT2D eigenvalue weighted by Gasteiger charge is 2.16. The fourth-order valence-corrected chi connectivity index (χ4v) is 1.86. The second-order valence-electron chi connectivity index (χ2n) is 3.69. The Morgan fingerprint density at radius 3 is 1.88 bits per heavy atom. The van der Waals surface area contributed by atoms with Gasteiger partial charge in [0.2, 0.25) is 0 Å². The molecule has 0 aliphatic rings. The van der Waals surface area contributed by atoms with Gasteiger partial charge in [-0.25, -0.2) is 9.97 Å². The normalized spacial score (nSPS) is 11.2. The second kappa shape index (κ2) is 4.49. The minimum atomic E-state index is -0.162. The lowest BCUT2D eigenvalue weighted by atomic mass is 10.1. The minimum absolute atomic E-state index is 0.162. The van der Waals surface area contributed by atoms with Crippen LogP contribution >= 0.6 is 0 Å². The van der Waals surface area contributed by atoms with Gasteiger partial charge >= 0.3 is 0 Å². The van der Waals surface area contributed by atoms with E-state index in [1.807, 2.05) is 25.0 Å². The summed E-state index contributed by atoms with van der Waals surface area (Å²) < 4.78 is 4.11. The van der Waals surface area contributed by atoms with Gasteiger partial charge in [-0.3, -0.25) is 0 Å². The fraction of sp³-hybridized carbons (Fsp3) is 0.455. The molecular formula is C11H17N5. The molecule has 0 aliphatic heterocycles. The topological polar surface area (TPSA) is 61.7 Å². The van der Waals surface area contributed by atoms with Crippen molar-refractivity contribution in [2.75, 3.05) is 0 Å². The van der Waals surface area contributed by atoms with Crippen LogP contribution < -0.4 is 5.73 Å². The molecule has 0 aromatic carbocycles. The van der Waals surface area contributed by atoms with Crippen LogP contribution in [0.15, 0.2) is 25.0 Å². The average Bonchev–Trinajstić information content (AvgIpc) is 2.96. The standard InChI is InChI=1S/C11H17N5/c1-3-15-7-13-5-9(15)11(12)10-6-14-8-16(10)4-2/h5-8,11H,3-4,12H2,1-2H3. The lowest BCUT2D eigenvalue weighted by Crippen LogP contribution is -2.19. The van der Waals surface area contributed by atoms with Crippen LogP contribution in [0, 0.1) is 0 Å². The van der Waals surface area contributed by atoms with Crippen molar-refractivity contribution in [1.82, 2.24) is 19.1 Å². The first-order valence-corrected chi connectivity index (χ1v) is 5.53. The van der Waals surface area contributed by atoms with Crippen molar-refractivity contribution in [2.24, 2.45) is 5.73 Å². The minimum Gasteiger partial charge on any atom is -0.333 e. The van der Waals surface area contributed by atoms with E-state index in [1.54, 1.807) is 0 Å². The molecule has 16 heavy (non-hydrogen) atoms. The highest BCUT2D eigenvalue weighted by molar-refractivity contribution is 5.19. The molecule has 0 unspecified atom stereocenters. The SMILES string of the molecule is CCn1cncc1C(N)c1cncn1CC. The van der Waals surface area contributed by atoms with Gasteiger partial charge in [0.1, 0.15) is 0 Å². The van der Waals surface area contributed by atoms with Crippen LogP contribution in [0.1, 0.15) is 31.3 Å². The molecule has 0 aliphatic carbocycles. The summed E-state index contributed by atoms with van der Waals surface area (Å²) in [5.74, 6) is 0. The van der Waals surface area contributed by atoms with E-state index in [0.717, 1.165) is 24.5 Å². The lowest BCUT2D eigenvalue weighted by Gasteiger charge is -2.15. The van der Waals surface area contributed by atoms with Gasteiger partial charge in [0.25, 0.3) is 0 Å². The fourth-order valence-electron chi connectivity index (χ4n) is 1.86. The number of rotatable bonds is 4. The van der Waals surface area contributed by atoms with Crippen molar-refractivity contribution >= 4 is 0 Å². The molecule has 0 fully saturated rings. The van der Waals surface area contributed by atoms with Gasteiger partial charge in [-0.15, -0.1) is 0 Å². The quantitative estimate of drug-likeness (QED) is 0.839. The van der Waals surface area contributed by atoms with E-state index in [4.69, 9.17) is 5.73 Å². The maximum atomic E-state index is 6.24. The molecule has 2 N–H and O–H groups in total. The van der Waals surface area contributed by atoms with Gasteiger partial charge in [0.15, 0.2) is 0 Å². The van der Waals surface area contributed by atoms with Crippen molar-refractivity contribution in [3.63, 3.8) is 0 Å². The predicted octanol–water partition coefficient (Wildman–Crippen LogP) is 1.17. The molecule has 2 aromatic rings. The first-order chi connectivity index (χ1) is 7.77. The molecule has 86 valence electrons. The molecule has 2 heterocycles. The Kier molecular flexibility index (Phi) is 3.05. The third-order valence-corrected chi connectivity index (χ3v) is 2.81. The zero-order valence-corrected chi connectivity index (χ0v) is 9.67. The Bertz CT molecular complexity index is 414. The van der Waals surface area contributed by atoms with Crippen LogP contribution in [0.5, 0.6) is 0 Å². The number of aryl methyl sites for hydroxylation is 2. The summed E-state index contributed by atoms with van der Waals surface area (Å²) in [5.41, 5.74) is 8.29. The van der Waals surface area contributed by atoms with Crippen molar-refractivity contribution in [3.8, 4) is 0 Å². The van der Waals surface area contributed by atoms with Crippen LogP contribution in [-0.2, 0) is 13.1 Å². The van der Waals surface area contributed by atoms with E-state index in [2.05, 4.69) is 32.9 Å². The third kappa shape index (κ3) is 1.74. The van der Waals surface area contributed by atoms with Gasteiger partial charge in [-0.1, -0.05) is 0 Å². The Hall–Kier alpha value is -1.62. The first-order valence-electron chi connectivity index (χ1n) is 5.53. The van der Waals surface area contributed by atoms with Crippen molar-refractivity contribution in [2.45, 2.75) is 33.0 Å². The van der Waals surface area contributed by atoms with E-state index in [0.29, 0.717) is 0 Å².